The van der Waals surface area contributed by atoms with Gasteiger partial charge < -0.3 is 4.90 Å². The number of amides is 1. The molecule has 0 spiro atoms. The van der Waals surface area contributed by atoms with Crippen molar-refractivity contribution in [1.82, 2.24) is 4.90 Å². The number of hydrogen-bond acceptors (Lipinski definition) is 2. The fourth-order valence-electron chi connectivity index (χ4n) is 1.38. The Hall–Kier alpha value is -0.830. The van der Waals surface area contributed by atoms with Crippen molar-refractivity contribution in [3.63, 3.8) is 0 Å². The summed E-state index contributed by atoms with van der Waals surface area (Å²) in [6.45, 7) is 6.78. The van der Waals surface area contributed by atoms with E-state index in [1.807, 2.05) is 37.2 Å². The molecule has 0 N–H and O–H groups in total. The van der Waals surface area contributed by atoms with E-state index in [1.165, 1.54) is 4.88 Å². The Morgan fingerprint density at radius 1 is 1.53 bits per heavy atom. The molecule has 84 valence electrons. The molecule has 1 aromatic heterocycles. The van der Waals surface area contributed by atoms with Crippen molar-refractivity contribution in [2.45, 2.75) is 33.7 Å². The Kier molecular flexibility index (Phi) is 3.91. The zero-order valence-corrected chi connectivity index (χ0v) is 10.7. The summed E-state index contributed by atoms with van der Waals surface area (Å²) < 4.78 is 0. The van der Waals surface area contributed by atoms with Crippen LogP contribution in [0.15, 0.2) is 17.5 Å². The van der Waals surface area contributed by atoms with Crippen LogP contribution in [0.3, 0.4) is 0 Å². The molecule has 1 aromatic rings. The van der Waals surface area contributed by atoms with Gasteiger partial charge in [0, 0.05) is 17.3 Å². The third-order valence-electron chi connectivity index (χ3n) is 2.78. The maximum Gasteiger partial charge on any atom is 0.228 e. The first-order chi connectivity index (χ1) is 6.97. The first-order valence-electron chi connectivity index (χ1n) is 5.25. The minimum absolute atomic E-state index is 0.221. The van der Waals surface area contributed by atoms with Crippen molar-refractivity contribution in [3.8, 4) is 0 Å². The quantitative estimate of drug-likeness (QED) is 0.771. The van der Waals surface area contributed by atoms with Crippen LogP contribution in [0, 0.1) is 5.41 Å². The third kappa shape index (κ3) is 3.06. The number of hydrogen-bond donors (Lipinski definition) is 0. The first-order valence-corrected chi connectivity index (χ1v) is 6.13. The number of carbonyl (C=O) groups excluding carboxylic acids is 1. The van der Waals surface area contributed by atoms with Crippen LogP contribution in [-0.2, 0) is 11.3 Å². The molecule has 0 fully saturated rings. The highest BCUT2D eigenvalue weighted by Gasteiger charge is 2.28. The van der Waals surface area contributed by atoms with Crippen molar-refractivity contribution in [3.05, 3.63) is 22.4 Å². The molecule has 1 rings (SSSR count). The Bertz CT molecular complexity index is 316. The molecule has 0 aromatic carbocycles. The second-order valence-corrected chi connectivity index (χ2v) is 5.51. The van der Waals surface area contributed by atoms with Gasteiger partial charge >= 0.3 is 0 Å². The largest absolute Gasteiger partial charge is 0.340 e. The Morgan fingerprint density at radius 2 is 2.20 bits per heavy atom. The summed E-state index contributed by atoms with van der Waals surface area (Å²) in [6.07, 6.45) is 0.876. The van der Waals surface area contributed by atoms with Gasteiger partial charge in [0.1, 0.15) is 0 Å². The molecule has 1 amide bonds. The van der Waals surface area contributed by atoms with Crippen LogP contribution in [0.2, 0.25) is 0 Å². The summed E-state index contributed by atoms with van der Waals surface area (Å²) in [6, 6.07) is 4.08. The molecule has 1 heterocycles. The minimum Gasteiger partial charge on any atom is -0.340 e. The second-order valence-electron chi connectivity index (χ2n) is 4.48. The van der Waals surface area contributed by atoms with Crippen molar-refractivity contribution in [2.24, 2.45) is 5.41 Å². The third-order valence-corrected chi connectivity index (χ3v) is 3.64. The lowest BCUT2D eigenvalue weighted by Crippen LogP contribution is -2.37. The van der Waals surface area contributed by atoms with Gasteiger partial charge in [-0.1, -0.05) is 26.8 Å². The van der Waals surface area contributed by atoms with E-state index in [-0.39, 0.29) is 11.3 Å². The van der Waals surface area contributed by atoms with Gasteiger partial charge in [-0.15, -0.1) is 11.3 Å². The molecule has 15 heavy (non-hydrogen) atoms. The highest BCUT2D eigenvalue weighted by Crippen LogP contribution is 2.23. The molecule has 0 aliphatic carbocycles. The van der Waals surface area contributed by atoms with E-state index in [2.05, 4.69) is 13.0 Å². The fraction of sp³-hybridized carbons (Fsp3) is 0.583. The van der Waals surface area contributed by atoms with Crippen molar-refractivity contribution >= 4 is 17.2 Å². The van der Waals surface area contributed by atoms with E-state index in [4.69, 9.17) is 0 Å². The van der Waals surface area contributed by atoms with E-state index in [0.717, 1.165) is 13.0 Å². The van der Waals surface area contributed by atoms with Crippen LogP contribution in [0.25, 0.3) is 0 Å². The SMILES string of the molecule is CCC(C)(C)C(=O)N(C)Cc1cccs1. The lowest BCUT2D eigenvalue weighted by Gasteiger charge is -2.28. The molecule has 2 nitrogen and oxygen atoms in total. The lowest BCUT2D eigenvalue weighted by molar-refractivity contribution is -0.139. The summed E-state index contributed by atoms with van der Waals surface area (Å²) in [7, 11) is 1.87. The summed E-state index contributed by atoms with van der Waals surface area (Å²) in [4.78, 5) is 15.1. The van der Waals surface area contributed by atoms with Crippen molar-refractivity contribution in [1.29, 1.82) is 0 Å². The minimum atomic E-state index is -0.244. The zero-order valence-electron chi connectivity index (χ0n) is 9.91. The maximum atomic E-state index is 12.1. The van der Waals surface area contributed by atoms with Crippen LogP contribution >= 0.6 is 11.3 Å². The predicted molar refractivity (Wildman–Crippen MR) is 64.9 cm³/mol. The summed E-state index contributed by atoms with van der Waals surface area (Å²) in [5.41, 5.74) is -0.244. The molecular weight excluding hydrogens is 206 g/mol. The van der Waals surface area contributed by atoms with Crippen molar-refractivity contribution < 1.29 is 4.79 Å². The molecule has 0 unspecified atom stereocenters. The van der Waals surface area contributed by atoms with Gasteiger partial charge in [-0.2, -0.15) is 0 Å². The van der Waals surface area contributed by atoms with E-state index in [1.54, 1.807) is 11.3 Å². The summed E-state index contributed by atoms with van der Waals surface area (Å²) in [5.74, 6) is 0.221. The first kappa shape index (κ1) is 12.2. The number of carbonyl (C=O) groups is 1. The molecule has 0 aliphatic rings. The van der Waals surface area contributed by atoms with Crippen LogP contribution < -0.4 is 0 Å². The molecular formula is C12H19NOS. The Labute approximate surface area is 95.9 Å². The molecule has 0 saturated heterocycles. The monoisotopic (exact) mass is 225 g/mol. The number of thiophene rings is 1. The number of nitrogens with zero attached hydrogens (tertiary/aromatic N) is 1. The van der Waals surface area contributed by atoms with Gasteiger partial charge in [0.25, 0.3) is 0 Å². The smallest absolute Gasteiger partial charge is 0.228 e. The van der Waals surface area contributed by atoms with Crippen LogP contribution in [0.1, 0.15) is 32.1 Å². The van der Waals surface area contributed by atoms with Crippen LogP contribution in [0.5, 0.6) is 0 Å². The van der Waals surface area contributed by atoms with Gasteiger partial charge in [0.05, 0.1) is 6.54 Å². The summed E-state index contributed by atoms with van der Waals surface area (Å²) >= 11 is 1.69. The lowest BCUT2D eigenvalue weighted by atomic mass is 9.89. The van der Waals surface area contributed by atoms with E-state index >= 15 is 0 Å². The molecule has 0 bridgehead atoms. The van der Waals surface area contributed by atoms with Gasteiger partial charge in [-0.05, 0) is 17.9 Å². The van der Waals surface area contributed by atoms with Gasteiger partial charge in [0.2, 0.25) is 5.91 Å². The molecule has 3 heteroatoms. The standard InChI is InChI=1S/C12H19NOS/c1-5-12(2,3)11(14)13(4)9-10-7-6-8-15-10/h6-8H,5,9H2,1-4H3. The van der Waals surface area contributed by atoms with E-state index in [0.29, 0.717) is 0 Å². The van der Waals surface area contributed by atoms with Gasteiger partial charge in [0.15, 0.2) is 0 Å². The Morgan fingerprint density at radius 3 is 2.67 bits per heavy atom. The molecule has 0 saturated carbocycles. The highest BCUT2D eigenvalue weighted by atomic mass is 32.1. The van der Waals surface area contributed by atoms with Crippen LogP contribution in [0.4, 0.5) is 0 Å². The molecule has 0 radical (unpaired) electrons. The predicted octanol–water partition coefficient (Wildman–Crippen LogP) is 3.14. The van der Waals surface area contributed by atoms with Gasteiger partial charge in [-0.3, -0.25) is 4.79 Å². The highest BCUT2D eigenvalue weighted by molar-refractivity contribution is 7.09. The van der Waals surface area contributed by atoms with Gasteiger partial charge in [-0.25, -0.2) is 0 Å². The summed E-state index contributed by atoms with van der Waals surface area (Å²) in [5, 5.41) is 2.04. The van der Waals surface area contributed by atoms with Crippen LogP contribution in [-0.4, -0.2) is 17.9 Å². The zero-order chi connectivity index (χ0) is 11.5. The van der Waals surface area contributed by atoms with Crippen molar-refractivity contribution in [2.75, 3.05) is 7.05 Å². The average Bonchev–Trinajstić information content (AvgIpc) is 2.69. The van der Waals surface area contributed by atoms with E-state index < -0.39 is 0 Å². The topological polar surface area (TPSA) is 20.3 Å². The maximum absolute atomic E-state index is 12.1. The number of rotatable bonds is 4. The Balaban J connectivity index is 2.61. The second kappa shape index (κ2) is 4.79. The fourth-order valence-corrected chi connectivity index (χ4v) is 2.13. The van der Waals surface area contributed by atoms with E-state index in [9.17, 15) is 4.79 Å². The molecule has 0 aliphatic heterocycles. The average molecular weight is 225 g/mol. The molecule has 0 atom stereocenters. The normalized spacial score (nSPS) is 11.5.